The lowest BCUT2D eigenvalue weighted by Crippen LogP contribution is -2.24. The summed E-state index contributed by atoms with van der Waals surface area (Å²) in [6.45, 7) is 6.39. The molecule has 0 fully saturated rings. The molecule has 0 aliphatic heterocycles. The Bertz CT molecular complexity index is 651. The standard InChI is InChI=1S/C16H18ClN3OS/c1-10-11(2)19-16(20-12(10)3)22-9-15(21)18-8-13-4-6-14(17)7-5-13/h4-7H,8-9H2,1-3H3,(H,18,21). The maximum atomic E-state index is 11.9. The van der Waals surface area contributed by atoms with E-state index in [0.29, 0.717) is 22.5 Å². The fraction of sp³-hybridized carbons (Fsp3) is 0.312. The van der Waals surface area contributed by atoms with Gasteiger partial charge in [0.1, 0.15) is 0 Å². The highest BCUT2D eigenvalue weighted by molar-refractivity contribution is 7.99. The van der Waals surface area contributed by atoms with Gasteiger partial charge in [-0.15, -0.1) is 0 Å². The predicted octanol–water partition coefficient (Wildman–Crippen LogP) is 3.46. The van der Waals surface area contributed by atoms with E-state index in [9.17, 15) is 4.79 Å². The molecule has 1 heterocycles. The van der Waals surface area contributed by atoms with E-state index in [2.05, 4.69) is 15.3 Å². The molecule has 2 rings (SSSR count). The van der Waals surface area contributed by atoms with Crippen LogP contribution in [0.15, 0.2) is 29.4 Å². The van der Waals surface area contributed by atoms with E-state index in [0.717, 1.165) is 22.5 Å². The molecule has 0 saturated carbocycles. The van der Waals surface area contributed by atoms with Gasteiger partial charge >= 0.3 is 0 Å². The summed E-state index contributed by atoms with van der Waals surface area (Å²) < 4.78 is 0. The van der Waals surface area contributed by atoms with E-state index in [-0.39, 0.29) is 5.91 Å². The maximum Gasteiger partial charge on any atom is 0.230 e. The molecular formula is C16H18ClN3OS. The zero-order chi connectivity index (χ0) is 16.1. The first-order valence-corrected chi connectivity index (χ1v) is 8.28. The summed E-state index contributed by atoms with van der Waals surface area (Å²) in [6, 6.07) is 7.41. The second kappa shape index (κ2) is 7.61. The van der Waals surface area contributed by atoms with Gasteiger partial charge in [0.2, 0.25) is 5.91 Å². The number of benzene rings is 1. The lowest BCUT2D eigenvalue weighted by molar-refractivity contribution is -0.118. The summed E-state index contributed by atoms with van der Waals surface area (Å²) >= 11 is 7.17. The molecule has 0 spiro atoms. The molecule has 0 aliphatic carbocycles. The minimum atomic E-state index is -0.0422. The molecule has 4 nitrogen and oxygen atoms in total. The third-order valence-electron chi connectivity index (χ3n) is 3.35. The lowest BCUT2D eigenvalue weighted by Gasteiger charge is -2.07. The van der Waals surface area contributed by atoms with Gasteiger partial charge in [-0.1, -0.05) is 35.5 Å². The van der Waals surface area contributed by atoms with E-state index in [1.54, 1.807) is 0 Å². The summed E-state index contributed by atoms with van der Waals surface area (Å²) in [5, 5.41) is 4.20. The van der Waals surface area contributed by atoms with Crippen molar-refractivity contribution in [1.82, 2.24) is 15.3 Å². The third kappa shape index (κ3) is 4.71. The summed E-state index contributed by atoms with van der Waals surface area (Å²) in [6.07, 6.45) is 0. The molecule has 0 saturated heterocycles. The second-order valence-corrected chi connectivity index (χ2v) is 6.37. The van der Waals surface area contributed by atoms with Crippen LogP contribution in [-0.4, -0.2) is 21.6 Å². The quantitative estimate of drug-likeness (QED) is 0.671. The molecule has 1 aromatic carbocycles. The van der Waals surface area contributed by atoms with Gasteiger partial charge in [0.25, 0.3) is 0 Å². The van der Waals surface area contributed by atoms with Crippen LogP contribution in [0.1, 0.15) is 22.5 Å². The maximum absolute atomic E-state index is 11.9. The minimum Gasteiger partial charge on any atom is -0.351 e. The number of thioether (sulfide) groups is 1. The van der Waals surface area contributed by atoms with Gasteiger partial charge in [0.05, 0.1) is 5.75 Å². The van der Waals surface area contributed by atoms with Crippen LogP contribution in [0.3, 0.4) is 0 Å². The van der Waals surface area contributed by atoms with Crippen molar-refractivity contribution in [3.63, 3.8) is 0 Å². The van der Waals surface area contributed by atoms with E-state index < -0.39 is 0 Å². The topological polar surface area (TPSA) is 54.9 Å². The number of nitrogens with one attached hydrogen (secondary N) is 1. The largest absolute Gasteiger partial charge is 0.351 e. The van der Waals surface area contributed by atoms with Crippen molar-refractivity contribution in [2.24, 2.45) is 0 Å². The molecule has 0 bridgehead atoms. The molecule has 116 valence electrons. The molecule has 0 unspecified atom stereocenters. The van der Waals surface area contributed by atoms with Crippen LogP contribution in [0.2, 0.25) is 5.02 Å². The average molecular weight is 336 g/mol. The Labute approximate surface area is 139 Å². The zero-order valence-electron chi connectivity index (χ0n) is 12.8. The summed E-state index contributed by atoms with van der Waals surface area (Å²) in [4.78, 5) is 20.7. The Morgan fingerprint density at radius 1 is 1.14 bits per heavy atom. The number of aryl methyl sites for hydroxylation is 2. The smallest absolute Gasteiger partial charge is 0.230 e. The molecule has 6 heteroatoms. The number of halogens is 1. The van der Waals surface area contributed by atoms with Crippen molar-refractivity contribution in [1.29, 1.82) is 0 Å². The molecule has 0 atom stereocenters. The first-order chi connectivity index (χ1) is 10.5. The van der Waals surface area contributed by atoms with Gasteiger partial charge in [-0.3, -0.25) is 4.79 Å². The van der Waals surface area contributed by atoms with Gasteiger partial charge in [-0.2, -0.15) is 0 Å². The van der Waals surface area contributed by atoms with Gasteiger partial charge < -0.3 is 5.32 Å². The Balaban J connectivity index is 1.84. The highest BCUT2D eigenvalue weighted by Crippen LogP contribution is 2.17. The van der Waals surface area contributed by atoms with Crippen LogP contribution in [0, 0.1) is 20.8 Å². The molecule has 1 amide bonds. The summed E-state index contributed by atoms with van der Waals surface area (Å²) in [7, 11) is 0. The SMILES string of the molecule is Cc1nc(SCC(=O)NCc2ccc(Cl)cc2)nc(C)c1C. The van der Waals surface area contributed by atoms with Gasteiger partial charge in [0, 0.05) is 23.0 Å². The van der Waals surface area contributed by atoms with E-state index >= 15 is 0 Å². The number of carbonyl (C=O) groups is 1. The molecule has 1 N–H and O–H groups in total. The minimum absolute atomic E-state index is 0.0422. The molecule has 2 aromatic rings. The van der Waals surface area contributed by atoms with Crippen molar-refractivity contribution >= 4 is 29.3 Å². The van der Waals surface area contributed by atoms with Crippen LogP contribution in [-0.2, 0) is 11.3 Å². The van der Waals surface area contributed by atoms with Crippen LogP contribution in [0.4, 0.5) is 0 Å². The molecule has 0 radical (unpaired) electrons. The van der Waals surface area contributed by atoms with Crippen LogP contribution in [0.5, 0.6) is 0 Å². The highest BCUT2D eigenvalue weighted by Gasteiger charge is 2.08. The Morgan fingerprint density at radius 2 is 1.73 bits per heavy atom. The van der Waals surface area contributed by atoms with Crippen molar-refractivity contribution in [3.8, 4) is 0 Å². The predicted molar refractivity (Wildman–Crippen MR) is 90.3 cm³/mol. The fourth-order valence-corrected chi connectivity index (χ4v) is 2.68. The van der Waals surface area contributed by atoms with Gasteiger partial charge in [0.15, 0.2) is 5.16 Å². The first-order valence-electron chi connectivity index (χ1n) is 6.91. The summed E-state index contributed by atoms with van der Waals surface area (Å²) in [5.41, 5.74) is 4.02. The highest BCUT2D eigenvalue weighted by atomic mass is 35.5. The number of carbonyl (C=O) groups excluding carboxylic acids is 1. The molecule has 22 heavy (non-hydrogen) atoms. The normalized spacial score (nSPS) is 10.5. The number of aromatic nitrogens is 2. The Kier molecular flexibility index (Phi) is 5.80. The lowest BCUT2D eigenvalue weighted by atomic mass is 10.2. The van der Waals surface area contributed by atoms with Crippen molar-refractivity contribution in [2.45, 2.75) is 32.5 Å². The zero-order valence-corrected chi connectivity index (χ0v) is 14.4. The number of hydrogen-bond donors (Lipinski definition) is 1. The van der Waals surface area contributed by atoms with E-state index in [1.807, 2.05) is 45.0 Å². The van der Waals surface area contributed by atoms with Crippen LogP contribution in [0.25, 0.3) is 0 Å². The van der Waals surface area contributed by atoms with Gasteiger partial charge in [-0.25, -0.2) is 9.97 Å². The number of amides is 1. The second-order valence-electron chi connectivity index (χ2n) is 4.99. The number of hydrogen-bond acceptors (Lipinski definition) is 4. The molecular weight excluding hydrogens is 318 g/mol. The van der Waals surface area contributed by atoms with Gasteiger partial charge in [-0.05, 0) is 44.0 Å². The monoisotopic (exact) mass is 335 g/mol. The first kappa shape index (κ1) is 16.8. The Hall–Kier alpha value is -1.59. The number of nitrogens with zero attached hydrogens (tertiary/aromatic N) is 2. The fourth-order valence-electron chi connectivity index (χ4n) is 1.79. The van der Waals surface area contributed by atoms with Crippen molar-refractivity contribution in [2.75, 3.05) is 5.75 Å². The van der Waals surface area contributed by atoms with E-state index in [4.69, 9.17) is 11.6 Å². The summed E-state index contributed by atoms with van der Waals surface area (Å²) in [5.74, 6) is 0.259. The molecule has 0 aliphatic rings. The third-order valence-corrected chi connectivity index (χ3v) is 4.45. The van der Waals surface area contributed by atoms with Crippen LogP contribution >= 0.6 is 23.4 Å². The average Bonchev–Trinajstić information content (AvgIpc) is 2.50. The van der Waals surface area contributed by atoms with Crippen molar-refractivity contribution < 1.29 is 4.79 Å². The van der Waals surface area contributed by atoms with Crippen LogP contribution < -0.4 is 5.32 Å². The van der Waals surface area contributed by atoms with Crippen molar-refractivity contribution in [3.05, 3.63) is 51.8 Å². The van der Waals surface area contributed by atoms with E-state index in [1.165, 1.54) is 11.8 Å². The Morgan fingerprint density at radius 3 is 2.32 bits per heavy atom. The number of rotatable bonds is 5. The molecule has 1 aromatic heterocycles.